The van der Waals surface area contributed by atoms with Crippen molar-refractivity contribution in [3.8, 4) is 0 Å². The summed E-state index contributed by atoms with van der Waals surface area (Å²) in [5.41, 5.74) is -0.527. The van der Waals surface area contributed by atoms with E-state index in [0.29, 0.717) is 43.2 Å². The quantitative estimate of drug-likeness (QED) is 0.283. The van der Waals surface area contributed by atoms with Crippen LogP contribution in [0.25, 0.3) is 0 Å². The van der Waals surface area contributed by atoms with Crippen LogP contribution in [0.2, 0.25) is 5.02 Å². The van der Waals surface area contributed by atoms with Gasteiger partial charge in [0.2, 0.25) is 29.3 Å². The largest absolute Gasteiger partial charge is 0.387 e. The lowest BCUT2D eigenvalue weighted by Crippen LogP contribution is -2.59. The molecule has 12 heteroatoms. The van der Waals surface area contributed by atoms with E-state index in [-0.39, 0.29) is 43.0 Å². The fourth-order valence-electron chi connectivity index (χ4n) is 7.11. The number of Topliss-reactive ketones (excluding diaryl/α,β-unsaturated/α-hetero) is 2. The molecule has 1 aliphatic carbocycles. The molecular formula is C37H51ClN4O7. The van der Waals surface area contributed by atoms with E-state index in [1.165, 1.54) is 4.90 Å². The lowest BCUT2D eigenvalue weighted by molar-refractivity contribution is -0.145. The van der Waals surface area contributed by atoms with E-state index in [0.717, 1.165) is 31.2 Å². The number of benzene rings is 1. The van der Waals surface area contributed by atoms with E-state index in [1.54, 1.807) is 12.1 Å². The number of ketones is 2. The maximum atomic E-state index is 14.6. The number of nitrogens with zero attached hydrogens (tertiary/aromatic N) is 2. The lowest BCUT2D eigenvalue weighted by Gasteiger charge is -2.37. The topological polar surface area (TPSA) is 143 Å². The van der Waals surface area contributed by atoms with E-state index in [1.807, 2.05) is 39.8 Å². The summed E-state index contributed by atoms with van der Waals surface area (Å²) < 4.78 is 5.50. The normalized spacial score (nSPS) is 24.5. The van der Waals surface area contributed by atoms with Crippen LogP contribution >= 0.6 is 11.6 Å². The highest BCUT2D eigenvalue weighted by atomic mass is 35.5. The van der Waals surface area contributed by atoms with Gasteiger partial charge >= 0.3 is 0 Å². The number of carbonyl (C=O) groups excluding carboxylic acids is 5. The average molecular weight is 699 g/mol. The number of ether oxygens (including phenoxy) is 1. The van der Waals surface area contributed by atoms with Crippen molar-refractivity contribution in [3.63, 3.8) is 0 Å². The van der Waals surface area contributed by atoms with Crippen LogP contribution < -0.4 is 10.6 Å². The summed E-state index contributed by atoms with van der Waals surface area (Å²) in [5, 5.41) is 10.8. The van der Waals surface area contributed by atoms with Crippen LogP contribution in [0.1, 0.15) is 104 Å². The minimum atomic E-state index is -1.03. The Morgan fingerprint density at radius 2 is 1.82 bits per heavy atom. The highest BCUT2D eigenvalue weighted by molar-refractivity contribution is 6.39. The first kappa shape index (κ1) is 37.0. The molecular weight excluding hydrogens is 648 g/mol. The standard InChI is InChI=1S/C37H51ClN4O7/c1-6-8-26(31(45)29(43)17-23-11-12-23)39-33(46)28-20-37(19-27(41-49-37)24-9-7-10-25(38)18-24)22-42(28)34(47)32(35(2,3)4)40-30(44)21-36(5)13-15-48-16-14-36/h7,9-10,18,23,26,28,32H,6,8,11-17,19-22H2,1-5H3,(H,39,46)(H,40,44)/t26-,28-,32+,37+/m0/s1. The molecule has 4 atom stereocenters. The third-order valence-electron chi connectivity index (χ3n) is 10.3. The van der Waals surface area contributed by atoms with Crippen LogP contribution in [0.5, 0.6) is 0 Å². The number of oxime groups is 1. The van der Waals surface area contributed by atoms with Gasteiger partial charge in [-0.05, 0) is 61.0 Å². The molecule has 1 spiro atoms. The number of nitrogens with one attached hydrogen (secondary N) is 2. The maximum absolute atomic E-state index is 14.6. The zero-order chi connectivity index (χ0) is 35.6. The predicted octanol–water partition coefficient (Wildman–Crippen LogP) is 4.77. The molecule has 49 heavy (non-hydrogen) atoms. The number of hydrogen-bond donors (Lipinski definition) is 2. The average Bonchev–Trinajstić information content (AvgIpc) is 3.63. The number of halogens is 1. The maximum Gasteiger partial charge on any atom is 0.246 e. The molecule has 11 nitrogen and oxygen atoms in total. The van der Waals surface area contributed by atoms with Gasteiger partial charge in [-0.3, -0.25) is 24.0 Å². The van der Waals surface area contributed by atoms with E-state index in [9.17, 15) is 24.0 Å². The smallest absolute Gasteiger partial charge is 0.246 e. The fourth-order valence-corrected chi connectivity index (χ4v) is 7.30. The zero-order valence-corrected chi connectivity index (χ0v) is 30.2. The van der Waals surface area contributed by atoms with Crippen molar-refractivity contribution in [2.24, 2.45) is 21.9 Å². The van der Waals surface area contributed by atoms with Gasteiger partial charge in [0, 0.05) is 49.5 Å². The van der Waals surface area contributed by atoms with E-state index >= 15 is 0 Å². The van der Waals surface area contributed by atoms with Gasteiger partial charge in [0.25, 0.3) is 0 Å². The summed E-state index contributed by atoms with van der Waals surface area (Å²) in [6.45, 7) is 10.8. The first-order valence-electron chi connectivity index (χ1n) is 17.7. The number of likely N-dealkylation sites (tertiary alicyclic amines) is 1. The van der Waals surface area contributed by atoms with E-state index in [4.69, 9.17) is 21.2 Å². The second kappa shape index (κ2) is 14.9. The second-order valence-corrected chi connectivity index (χ2v) is 16.4. The Balaban J connectivity index is 1.39. The number of hydrogen-bond acceptors (Lipinski definition) is 8. The monoisotopic (exact) mass is 698 g/mol. The zero-order valence-electron chi connectivity index (χ0n) is 29.4. The fraction of sp³-hybridized carbons (Fsp3) is 0.676. The SMILES string of the molecule is CCC[C@H](NC(=O)[C@@H]1C[C@]2(CC(c3cccc(Cl)c3)=NO2)CN1C(=O)[C@@H](NC(=O)CC1(C)CCOCC1)C(C)(C)C)C(=O)C(=O)CC1CC1. The molecule has 0 radical (unpaired) electrons. The molecule has 2 N–H and O–H groups in total. The molecule has 5 rings (SSSR count). The van der Waals surface area contributed by atoms with Crippen molar-refractivity contribution in [2.45, 2.75) is 123 Å². The van der Waals surface area contributed by atoms with Crippen molar-refractivity contribution in [2.75, 3.05) is 19.8 Å². The summed E-state index contributed by atoms with van der Waals surface area (Å²) in [4.78, 5) is 75.8. The minimum Gasteiger partial charge on any atom is -0.387 e. The molecule has 3 heterocycles. The highest BCUT2D eigenvalue weighted by Crippen LogP contribution is 2.41. The molecule has 0 aromatic heterocycles. The molecule has 1 aromatic rings. The van der Waals surface area contributed by atoms with Crippen LogP contribution in [-0.2, 0) is 33.5 Å². The third-order valence-corrected chi connectivity index (χ3v) is 10.6. The molecule has 268 valence electrons. The van der Waals surface area contributed by atoms with Gasteiger partial charge in [-0.2, -0.15) is 0 Å². The molecule has 0 unspecified atom stereocenters. The number of carbonyl (C=O) groups is 5. The third kappa shape index (κ3) is 9.08. The van der Waals surface area contributed by atoms with Crippen LogP contribution in [-0.4, -0.2) is 83.4 Å². The first-order chi connectivity index (χ1) is 23.1. The van der Waals surface area contributed by atoms with Gasteiger partial charge < -0.3 is 25.1 Å². The molecule has 3 aliphatic heterocycles. The van der Waals surface area contributed by atoms with Gasteiger partial charge in [-0.15, -0.1) is 0 Å². The Morgan fingerprint density at radius 1 is 1.10 bits per heavy atom. The first-order valence-corrected chi connectivity index (χ1v) is 18.1. The Kier molecular flexibility index (Phi) is 11.2. The molecule has 4 aliphatic rings. The summed E-state index contributed by atoms with van der Waals surface area (Å²) in [5.74, 6) is -2.02. The van der Waals surface area contributed by atoms with Gasteiger partial charge in [0.15, 0.2) is 5.60 Å². The van der Waals surface area contributed by atoms with Crippen LogP contribution in [0.15, 0.2) is 29.4 Å². The summed E-state index contributed by atoms with van der Waals surface area (Å²) >= 11 is 6.25. The molecule has 0 bridgehead atoms. The number of rotatable bonds is 13. The van der Waals surface area contributed by atoms with Crippen molar-refractivity contribution >= 4 is 46.6 Å². The number of amides is 3. The van der Waals surface area contributed by atoms with Crippen LogP contribution in [0, 0.1) is 16.7 Å². The summed E-state index contributed by atoms with van der Waals surface area (Å²) in [7, 11) is 0. The molecule has 3 amide bonds. The van der Waals surface area contributed by atoms with E-state index in [2.05, 4.69) is 22.7 Å². The van der Waals surface area contributed by atoms with Crippen molar-refractivity contribution in [3.05, 3.63) is 34.9 Å². The Labute approximate surface area is 294 Å². The van der Waals surface area contributed by atoms with Crippen molar-refractivity contribution < 1.29 is 33.5 Å². The molecule has 2 saturated heterocycles. The molecule has 1 aromatic carbocycles. The van der Waals surface area contributed by atoms with Crippen LogP contribution in [0.3, 0.4) is 0 Å². The second-order valence-electron chi connectivity index (χ2n) is 15.9. The Bertz CT molecular complexity index is 1480. The highest BCUT2D eigenvalue weighted by Gasteiger charge is 2.56. The van der Waals surface area contributed by atoms with Crippen molar-refractivity contribution in [1.29, 1.82) is 0 Å². The van der Waals surface area contributed by atoms with E-state index < -0.39 is 52.5 Å². The van der Waals surface area contributed by atoms with Gasteiger partial charge in [0.1, 0.15) is 12.1 Å². The Hall–Kier alpha value is -3.31. The van der Waals surface area contributed by atoms with Gasteiger partial charge in [-0.1, -0.05) is 69.9 Å². The molecule has 1 saturated carbocycles. The Morgan fingerprint density at radius 3 is 2.45 bits per heavy atom. The van der Waals surface area contributed by atoms with Gasteiger partial charge in [-0.25, -0.2) is 0 Å². The molecule has 3 fully saturated rings. The summed E-state index contributed by atoms with van der Waals surface area (Å²) in [6.07, 6.45) is 5.13. The summed E-state index contributed by atoms with van der Waals surface area (Å²) in [6, 6.07) is 4.28. The predicted molar refractivity (Wildman–Crippen MR) is 185 cm³/mol. The van der Waals surface area contributed by atoms with Crippen molar-refractivity contribution in [1.82, 2.24) is 15.5 Å². The minimum absolute atomic E-state index is 0.0436. The van der Waals surface area contributed by atoms with Crippen LogP contribution in [0.4, 0.5) is 0 Å². The lowest BCUT2D eigenvalue weighted by atomic mass is 9.78. The van der Waals surface area contributed by atoms with Gasteiger partial charge in [0.05, 0.1) is 18.3 Å².